The van der Waals surface area contributed by atoms with E-state index in [1.54, 1.807) is 6.07 Å². The smallest absolute Gasteiger partial charge is 0.230 e. The molecule has 1 saturated heterocycles. The van der Waals surface area contributed by atoms with E-state index in [4.69, 9.17) is 0 Å². The van der Waals surface area contributed by atoms with Gasteiger partial charge in [-0.05, 0) is 23.6 Å². The summed E-state index contributed by atoms with van der Waals surface area (Å²) in [6.07, 6.45) is 0.249. The Morgan fingerprint density at radius 1 is 1.37 bits per heavy atom. The number of imide groups is 1. The average molecular weight is 328 g/mol. The highest BCUT2D eigenvalue weighted by molar-refractivity contribution is 9.10. The van der Waals surface area contributed by atoms with Gasteiger partial charge in [0.25, 0.3) is 0 Å². The van der Waals surface area contributed by atoms with Crippen molar-refractivity contribution in [2.45, 2.75) is 26.2 Å². The third kappa shape index (κ3) is 2.86. The lowest BCUT2D eigenvalue weighted by Gasteiger charge is -2.33. The maximum absolute atomic E-state index is 13.1. The van der Waals surface area contributed by atoms with E-state index in [9.17, 15) is 14.0 Å². The van der Waals surface area contributed by atoms with Crippen molar-refractivity contribution in [2.75, 3.05) is 0 Å². The summed E-state index contributed by atoms with van der Waals surface area (Å²) in [6, 6.07) is 4.36. The number of nitrogens with one attached hydrogen (secondary N) is 1. The minimum Gasteiger partial charge on any atom is -0.296 e. The first kappa shape index (κ1) is 14.2. The van der Waals surface area contributed by atoms with Gasteiger partial charge in [-0.2, -0.15) is 0 Å². The van der Waals surface area contributed by atoms with Gasteiger partial charge in [-0.15, -0.1) is 0 Å². The van der Waals surface area contributed by atoms with Crippen LogP contribution in [0.15, 0.2) is 22.7 Å². The molecule has 2 amide bonds. The molecule has 5 heteroatoms. The molecule has 19 heavy (non-hydrogen) atoms. The van der Waals surface area contributed by atoms with Crippen molar-refractivity contribution >= 4 is 27.7 Å². The summed E-state index contributed by atoms with van der Waals surface area (Å²) in [5, 5.41) is 2.37. The van der Waals surface area contributed by atoms with Gasteiger partial charge in [-0.3, -0.25) is 14.9 Å². The lowest BCUT2D eigenvalue weighted by molar-refractivity contribution is -0.138. The Kier molecular flexibility index (Phi) is 4.04. The van der Waals surface area contributed by atoms with E-state index in [1.807, 2.05) is 13.8 Å². The molecule has 0 bridgehead atoms. The van der Waals surface area contributed by atoms with Crippen LogP contribution in [0.25, 0.3) is 0 Å². The van der Waals surface area contributed by atoms with Crippen molar-refractivity contribution < 1.29 is 14.0 Å². The van der Waals surface area contributed by atoms with Crippen LogP contribution in [-0.4, -0.2) is 11.8 Å². The van der Waals surface area contributed by atoms with Crippen LogP contribution in [0.1, 0.15) is 31.7 Å². The number of hydrogen-bond donors (Lipinski definition) is 1. The van der Waals surface area contributed by atoms with E-state index >= 15 is 0 Å². The van der Waals surface area contributed by atoms with E-state index in [0.717, 1.165) is 5.56 Å². The molecule has 1 N–H and O–H groups in total. The summed E-state index contributed by atoms with van der Waals surface area (Å²) in [5.74, 6) is -1.25. The summed E-state index contributed by atoms with van der Waals surface area (Å²) in [7, 11) is 0. The zero-order valence-electron chi connectivity index (χ0n) is 10.7. The number of amides is 2. The summed E-state index contributed by atoms with van der Waals surface area (Å²) in [6.45, 7) is 3.90. The van der Waals surface area contributed by atoms with Crippen LogP contribution in [0, 0.1) is 17.7 Å². The van der Waals surface area contributed by atoms with Crippen LogP contribution >= 0.6 is 15.9 Å². The van der Waals surface area contributed by atoms with Crippen molar-refractivity contribution in [3.05, 3.63) is 34.1 Å². The van der Waals surface area contributed by atoms with Crippen molar-refractivity contribution in [3.63, 3.8) is 0 Å². The summed E-state index contributed by atoms with van der Waals surface area (Å²) < 4.78 is 13.8. The minimum atomic E-state index is -0.344. The van der Waals surface area contributed by atoms with E-state index in [2.05, 4.69) is 21.2 Å². The van der Waals surface area contributed by atoms with Crippen LogP contribution in [0.4, 0.5) is 4.39 Å². The van der Waals surface area contributed by atoms with Gasteiger partial charge in [0.2, 0.25) is 11.8 Å². The largest absolute Gasteiger partial charge is 0.296 e. The predicted octanol–water partition coefficient (Wildman–Crippen LogP) is 2.99. The summed E-state index contributed by atoms with van der Waals surface area (Å²) in [5.41, 5.74) is 0.809. The number of rotatable bonds is 2. The van der Waals surface area contributed by atoms with Gasteiger partial charge in [-0.1, -0.05) is 35.8 Å². The summed E-state index contributed by atoms with van der Waals surface area (Å²) >= 11 is 3.32. The Labute approximate surface area is 119 Å². The predicted molar refractivity (Wildman–Crippen MR) is 72.9 cm³/mol. The Morgan fingerprint density at radius 2 is 2.05 bits per heavy atom. The maximum Gasteiger partial charge on any atom is 0.230 e. The topological polar surface area (TPSA) is 46.2 Å². The highest BCUT2D eigenvalue weighted by Crippen LogP contribution is 2.39. The molecule has 0 spiro atoms. The van der Waals surface area contributed by atoms with Gasteiger partial charge >= 0.3 is 0 Å². The fraction of sp³-hybridized carbons (Fsp3) is 0.429. The molecule has 0 aromatic heterocycles. The molecule has 1 aliphatic rings. The molecule has 0 saturated carbocycles. The van der Waals surface area contributed by atoms with Crippen molar-refractivity contribution in [3.8, 4) is 0 Å². The Morgan fingerprint density at radius 3 is 2.63 bits per heavy atom. The van der Waals surface area contributed by atoms with Crippen LogP contribution in [0.3, 0.4) is 0 Å². The molecule has 1 aromatic carbocycles. The Hall–Kier alpha value is -1.23. The molecule has 2 rings (SSSR count). The highest BCUT2D eigenvalue weighted by atomic mass is 79.9. The molecular weight excluding hydrogens is 313 g/mol. The van der Waals surface area contributed by atoms with Gasteiger partial charge in [0, 0.05) is 22.7 Å². The molecule has 0 radical (unpaired) electrons. The monoisotopic (exact) mass is 327 g/mol. The second-order valence-electron chi connectivity index (χ2n) is 5.16. The maximum atomic E-state index is 13.1. The van der Waals surface area contributed by atoms with E-state index in [1.165, 1.54) is 12.1 Å². The first-order valence-corrected chi connectivity index (χ1v) is 6.98. The fourth-order valence-corrected chi connectivity index (χ4v) is 3.30. The lowest BCUT2D eigenvalue weighted by Crippen LogP contribution is -2.46. The molecule has 1 aliphatic heterocycles. The van der Waals surface area contributed by atoms with Crippen molar-refractivity contribution in [1.82, 2.24) is 5.32 Å². The minimum absolute atomic E-state index is 0.107. The van der Waals surface area contributed by atoms with Crippen LogP contribution < -0.4 is 5.32 Å². The third-order valence-electron chi connectivity index (χ3n) is 3.48. The van der Waals surface area contributed by atoms with Crippen molar-refractivity contribution in [1.29, 1.82) is 0 Å². The number of carbonyl (C=O) groups is 2. The molecule has 102 valence electrons. The molecule has 2 unspecified atom stereocenters. The van der Waals surface area contributed by atoms with E-state index in [0.29, 0.717) is 4.47 Å². The zero-order valence-corrected chi connectivity index (χ0v) is 12.3. The van der Waals surface area contributed by atoms with Gasteiger partial charge in [0.05, 0.1) is 0 Å². The molecule has 1 aromatic rings. The average Bonchev–Trinajstić information content (AvgIpc) is 2.26. The third-order valence-corrected chi connectivity index (χ3v) is 4.17. The lowest BCUT2D eigenvalue weighted by atomic mass is 9.75. The fourth-order valence-electron chi connectivity index (χ4n) is 2.65. The standard InChI is InChI=1S/C14H15BrFNO2/c1-7(2)13-10(6-12(18)17-14(13)19)9-4-3-8(16)5-11(9)15/h3-5,7,10,13H,6H2,1-2H3,(H,17,18,19). The second kappa shape index (κ2) is 5.41. The van der Waals surface area contributed by atoms with Gasteiger partial charge in [0.1, 0.15) is 5.82 Å². The number of halogens is 2. The van der Waals surface area contributed by atoms with Gasteiger partial charge in [0.15, 0.2) is 0 Å². The first-order valence-electron chi connectivity index (χ1n) is 6.18. The second-order valence-corrected chi connectivity index (χ2v) is 6.01. The Balaban J connectivity index is 2.43. The Bertz CT molecular complexity index is 530. The molecule has 0 aliphatic carbocycles. The SMILES string of the molecule is CC(C)C1C(=O)NC(=O)CC1c1ccc(F)cc1Br. The first-order chi connectivity index (χ1) is 8.90. The van der Waals surface area contributed by atoms with Gasteiger partial charge < -0.3 is 0 Å². The van der Waals surface area contributed by atoms with E-state index in [-0.39, 0.29) is 41.8 Å². The van der Waals surface area contributed by atoms with Crippen molar-refractivity contribution in [2.24, 2.45) is 11.8 Å². The number of carbonyl (C=O) groups excluding carboxylic acids is 2. The molecule has 3 nitrogen and oxygen atoms in total. The summed E-state index contributed by atoms with van der Waals surface area (Å²) in [4.78, 5) is 23.6. The number of piperidine rings is 1. The highest BCUT2D eigenvalue weighted by Gasteiger charge is 2.39. The zero-order chi connectivity index (χ0) is 14.2. The van der Waals surface area contributed by atoms with Crippen LogP contribution in [-0.2, 0) is 9.59 Å². The molecule has 2 atom stereocenters. The normalized spacial score (nSPS) is 23.6. The van der Waals surface area contributed by atoms with Gasteiger partial charge in [-0.25, -0.2) is 4.39 Å². The van der Waals surface area contributed by atoms with Crippen LogP contribution in [0.2, 0.25) is 0 Å². The molecule has 1 fully saturated rings. The molecular formula is C14H15BrFNO2. The quantitative estimate of drug-likeness (QED) is 0.849. The number of hydrogen-bond acceptors (Lipinski definition) is 2. The molecule has 1 heterocycles. The van der Waals surface area contributed by atoms with Crippen LogP contribution in [0.5, 0.6) is 0 Å². The van der Waals surface area contributed by atoms with E-state index < -0.39 is 0 Å². The number of benzene rings is 1.